The van der Waals surface area contributed by atoms with Gasteiger partial charge in [0.25, 0.3) is 5.91 Å². The van der Waals surface area contributed by atoms with E-state index in [9.17, 15) is 4.79 Å². The molecule has 0 spiro atoms. The third-order valence-corrected chi connectivity index (χ3v) is 5.51. The molecule has 0 unspecified atom stereocenters. The van der Waals surface area contributed by atoms with Gasteiger partial charge in [0.05, 0.1) is 16.5 Å². The highest BCUT2D eigenvalue weighted by Gasteiger charge is 2.17. The summed E-state index contributed by atoms with van der Waals surface area (Å²) in [6, 6.07) is 15.5. The molecule has 1 N–H and O–H groups in total. The van der Waals surface area contributed by atoms with Crippen LogP contribution in [0, 0.1) is 6.92 Å². The zero-order valence-corrected chi connectivity index (χ0v) is 17.5. The van der Waals surface area contributed by atoms with Crippen LogP contribution in [-0.4, -0.2) is 20.7 Å². The fraction of sp³-hybridized carbons (Fsp3) is 0.227. The number of anilines is 1. The van der Waals surface area contributed by atoms with Crippen LogP contribution in [0.15, 0.2) is 53.0 Å². The SMILES string of the molecule is CCCCn1nc(NC(=O)c2ccccc2Br)c2cc3cccc(C)c3nc21. The molecule has 28 heavy (non-hydrogen) atoms. The van der Waals surface area contributed by atoms with Gasteiger partial charge in [-0.3, -0.25) is 4.79 Å². The van der Waals surface area contributed by atoms with Crippen molar-refractivity contribution in [3.8, 4) is 0 Å². The van der Waals surface area contributed by atoms with Crippen molar-refractivity contribution in [3.63, 3.8) is 0 Å². The number of rotatable bonds is 5. The lowest BCUT2D eigenvalue weighted by Crippen LogP contribution is -2.13. The van der Waals surface area contributed by atoms with E-state index in [0.717, 1.165) is 51.4 Å². The molecule has 4 rings (SSSR count). The van der Waals surface area contributed by atoms with Crippen molar-refractivity contribution in [2.75, 3.05) is 5.32 Å². The zero-order chi connectivity index (χ0) is 19.7. The van der Waals surface area contributed by atoms with Crippen LogP contribution in [-0.2, 0) is 6.54 Å². The van der Waals surface area contributed by atoms with Gasteiger partial charge in [-0.1, -0.05) is 43.7 Å². The first-order valence-corrected chi connectivity index (χ1v) is 10.2. The monoisotopic (exact) mass is 436 g/mol. The highest BCUT2D eigenvalue weighted by molar-refractivity contribution is 9.10. The number of carbonyl (C=O) groups excluding carboxylic acids is 1. The van der Waals surface area contributed by atoms with Gasteiger partial charge in [0.1, 0.15) is 0 Å². The fourth-order valence-corrected chi connectivity index (χ4v) is 3.77. The van der Waals surface area contributed by atoms with Crippen LogP contribution in [0.25, 0.3) is 21.9 Å². The molecule has 0 aliphatic carbocycles. The molecule has 0 bridgehead atoms. The Hall–Kier alpha value is -2.73. The smallest absolute Gasteiger partial charge is 0.258 e. The Kier molecular flexibility index (Phi) is 5.13. The molecular weight excluding hydrogens is 416 g/mol. The van der Waals surface area contributed by atoms with Gasteiger partial charge in [0.15, 0.2) is 11.5 Å². The number of aromatic nitrogens is 3. The molecule has 1 amide bonds. The number of hydrogen-bond acceptors (Lipinski definition) is 3. The Bertz CT molecular complexity index is 1180. The first kappa shape index (κ1) is 18.6. The van der Waals surface area contributed by atoms with Gasteiger partial charge >= 0.3 is 0 Å². The van der Waals surface area contributed by atoms with E-state index in [1.165, 1.54) is 0 Å². The van der Waals surface area contributed by atoms with E-state index in [1.807, 2.05) is 35.0 Å². The number of para-hydroxylation sites is 1. The summed E-state index contributed by atoms with van der Waals surface area (Å²) in [6.45, 7) is 4.97. The predicted molar refractivity (Wildman–Crippen MR) is 117 cm³/mol. The number of nitrogens with one attached hydrogen (secondary N) is 1. The predicted octanol–water partition coefficient (Wildman–Crippen LogP) is 5.71. The summed E-state index contributed by atoms with van der Waals surface area (Å²) in [5, 5.41) is 9.56. The minimum atomic E-state index is -0.196. The summed E-state index contributed by atoms with van der Waals surface area (Å²) in [7, 11) is 0. The highest BCUT2D eigenvalue weighted by Crippen LogP contribution is 2.28. The Morgan fingerprint density at radius 3 is 2.79 bits per heavy atom. The number of aryl methyl sites for hydroxylation is 2. The van der Waals surface area contributed by atoms with Crippen molar-refractivity contribution < 1.29 is 4.79 Å². The second-order valence-electron chi connectivity index (χ2n) is 6.87. The van der Waals surface area contributed by atoms with Crippen molar-refractivity contribution in [3.05, 3.63) is 64.1 Å². The van der Waals surface area contributed by atoms with E-state index >= 15 is 0 Å². The van der Waals surface area contributed by atoms with Crippen LogP contribution in [0.4, 0.5) is 5.82 Å². The Morgan fingerprint density at radius 2 is 2.00 bits per heavy atom. The summed E-state index contributed by atoms with van der Waals surface area (Å²) >= 11 is 3.44. The van der Waals surface area contributed by atoms with E-state index in [4.69, 9.17) is 4.98 Å². The maximum Gasteiger partial charge on any atom is 0.258 e. The second-order valence-corrected chi connectivity index (χ2v) is 7.72. The molecule has 0 radical (unpaired) electrons. The Labute approximate surface area is 171 Å². The van der Waals surface area contributed by atoms with Crippen LogP contribution >= 0.6 is 15.9 Å². The van der Waals surface area contributed by atoms with Gasteiger partial charge in [-0.25, -0.2) is 9.67 Å². The summed E-state index contributed by atoms with van der Waals surface area (Å²) < 4.78 is 2.65. The number of carbonyl (C=O) groups is 1. The Balaban J connectivity index is 1.83. The third kappa shape index (κ3) is 3.40. The maximum atomic E-state index is 12.8. The van der Waals surface area contributed by atoms with Gasteiger partial charge in [0.2, 0.25) is 0 Å². The molecule has 0 saturated heterocycles. The lowest BCUT2D eigenvalue weighted by Gasteiger charge is -2.05. The van der Waals surface area contributed by atoms with Gasteiger partial charge in [-0.2, -0.15) is 5.10 Å². The fourth-order valence-electron chi connectivity index (χ4n) is 3.31. The average Bonchev–Trinajstić information content (AvgIpc) is 3.02. The molecule has 2 heterocycles. The minimum Gasteiger partial charge on any atom is -0.304 e. The molecule has 4 aromatic rings. The van der Waals surface area contributed by atoms with Crippen molar-refractivity contribution >= 4 is 49.6 Å². The highest BCUT2D eigenvalue weighted by atomic mass is 79.9. The molecule has 6 heteroatoms. The number of pyridine rings is 1. The summed E-state index contributed by atoms with van der Waals surface area (Å²) in [4.78, 5) is 17.7. The minimum absolute atomic E-state index is 0.196. The molecular formula is C22H21BrN4O. The van der Waals surface area contributed by atoms with E-state index in [1.54, 1.807) is 6.07 Å². The van der Waals surface area contributed by atoms with Gasteiger partial charge in [0, 0.05) is 16.4 Å². The lowest BCUT2D eigenvalue weighted by atomic mass is 10.1. The zero-order valence-electron chi connectivity index (χ0n) is 15.9. The van der Waals surface area contributed by atoms with E-state index in [2.05, 4.69) is 52.3 Å². The molecule has 0 aliphatic rings. The normalized spacial score (nSPS) is 11.2. The van der Waals surface area contributed by atoms with E-state index in [0.29, 0.717) is 11.4 Å². The molecule has 2 aromatic carbocycles. The maximum absolute atomic E-state index is 12.8. The van der Waals surface area contributed by atoms with Crippen molar-refractivity contribution in [1.82, 2.24) is 14.8 Å². The number of nitrogens with zero attached hydrogens (tertiary/aromatic N) is 3. The quantitative estimate of drug-likeness (QED) is 0.435. The molecule has 0 aliphatic heterocycles. The molecule has 0 saturated carbocycles. The van der Waals surface area contributed by atoms with Crippen LogP contribution < -0.4 is 5.32 Å². The van der Waals surface area contributed by atoms with Crippen LogP contribution in [0.5, 0.6) is 0 Å². The van der Waals surface area contributed by atoms with Crippen LogP contribution in [0.3, 0.4) is 0 Å². The van der Waals surface area contributed by atoms with Crippen LogP contribution in [0.2, 0.25) is 0 Å². The number of unbranched alkanes of at least 4 members (excludes halogenated alkanes) is 1. The molecule has 0 fully saturated rings. The largest absolute Gasteiger partial charge is 0.304 e. The van der Waals surface area contributed by atoms with Crippen LogP contribution in [0.1, 0.15) is 35.7 Å². The second kappa shape index (κ2) is 7.72. The van der Waals surface area contributed by atoms with Gasteiger partial charge in [-0.05, 0) is 53.0 Å². The number of amides is 1. The Morgan fingerprint density at radius 1 is 1.18 bits per heavy atom. The average molecular weight is 437 g/mol. The van der Waals surface area contributed by atoms with E-state index < -0.39 is 0 Å². The summed E-state index contributed by atoms with van der Waals surface area (Å²) in [5.74, 6) is 0.349. The number of fused-ring (bicyclic) bond motifs is 2. The standard InChI is InChI=1S/C22H21BrN4O/c1-3-4-12-27-21-17(13-15-9-7-8-14(2)19(15)24-21)20(26-27)25-22(28)16-10-5-6-11-18(16)23/h5-11,13H,3-4,12H2,1-2H3,(H,25,26,28). The molecule has 5 nitrogen and oxygen atoms in total. The first-order chi connectivity index (χ1) is 13.6. The lowest BCUT2D eigenvalue weighted by molar-refractivity contribution is 0.102. The number of benzene rings is 2. The van der Waals surface area contributed by atoms with Crippen molar-refractivity contribution in [1.29, 1.82) is 0 Å². The van der Waals surface area contributed by atoms with Crippen molar-refractivity contribution in [2.24, 2.45) is 0 Å². The van der Waals surface area contributed by atoms with Gasteiger partial charge < -0.3 is 5.32 Å². The molecule has 0 atom stereocenters. The first-order valence-electron chi connectivity index (χ1n) is 9.41. The molecule has 142 valence electrons. The van der Waals surface area contributed by atoms with E-state index in [-0.39, 0.29) is 5.91 Å². The van der Waals surface area contributed by atoms with Crippen molar-refractivity contribution in [2.45, 2.75) is 33.2 Å². The third-order valence-electron chi connectivity index (χ3n) is 4.82. The summed E-state index contributed by atoms with van der Waals surface area (Å²) in [5.41, 5.74) is 3.47. The molecule has 2 aromatic heterocycles. The summed E-state index contributed by atoms with van der Waals surface area (Å²) in [6.07, 6.45) is 2.06. The number of halogens is 1. The topological polar surface area (TPSA) is 59.8 Å². The number of hydrogen-bond donors (Lipinski definition) is 1. The van der Waals surface area contributed by atoms with Gasteiger partial charge in [-0.15, -0.1) is 0 Å².